The lowest BCUT2D eigenvalue weighted by atomic mass is 9.88. The van der Waals surface area contributed by atoms with Gasteiger partial charge in [0.15, 0.2) is 0 Å². The van der Waals surface area contributed by atoms with Crippen molar-refractivity contribution < 1.29 is 14.4 Å². The number of hydrogen-bond donors (Lipinski definition) is 2. The molecule has 0 radical (unpaired) electrons. The summed E-state index contributed by atoms with van der Waals surface area (Å²) in [7, 11) is 0. The minimum Gasteiger partial charge on any atom is -0.370 e. The van der Waals surface area contributed by atoms with Crippen molar-refractivity contribution in [3.05, 3.63) is 50.9 Å². The predicted molar refractivity (Wildman–Crippen MR) is 110 cm³/mol. The molecule has 1 fully saturated rings. The molecule has 0 saturated carbocycles. The van der Waals surface area contributed by atoms with E-state index in [4.69, 9.17) is 16.3 Å². The number of fused-ring (bicyclic) bond motifs is 1. The molecule has 2 heterocycles. The van der Waals surface area contributed by atoms with E-state index in [9.17, 15) is 4.79 Å². The fourth-order valence-electron chi connectivity index (χ4n) is 4.33. The Labute approximate surface area is 169 Å². The summed E-state index contributed by atoms with van der Waals surface area (Å²) < 4.78 is 5.62. The van der Waals surface area contributed by atoms with Crippen molar-refractivity contribution in [3.63, 3.8) is 0 Å². The summed E-state index contributed by atoms with van der Waals surface area (Å²) in [6.07, 6.45) is 4.69. The standard InChI is InChI=1S/C21H25ClN2O2S/c1-14(25)23-21-19(17-4-2-3-5-18(17)27-21)20(24-10-12-26-13-11-24)15-6-8-16(22)9-7-15/h6-9,20H,2-5,10-13H2,1H3,(H,23,25)/p+1/t20-/m1/s1. The Bertz CT molecular complexity index is 812. The molecule has 4 rings (SSSR count). The number of carbonyl (C=O) groups excluding carboxylic acids is 1. The molecular formula is C21H26ClN2O2S+. The number of quaternary nitrogens is 1. The van der Waals surface area contributed by atoms with Gasteiger partial charge in [-0.3, -0.25) is 4.79 Å². The van der Waals surface area contributed by atoms with Gasteiger partial charge in [-0.05, 0) is 43.4 Å². The number of ether oxygens (including phenoxy) is 1. The highest BCUT2D eigenvalue weighted by Gasteiger charge is 2.35. The molecule has 1 atom stereocenters. The molecule has 2 aromatic rings. The zero-order chi connectivity index (χ0) is 18.8. The van der Waals surface area contributed by atoms with Crippen LogP contribution in [0.2, 0.25) is 5.02 Å². The third-order valence-electron chi connectivity index (χ3n) is 5.54. The van der Waals surface area contributed by atoms with Crippen molar-refractivity contribution in [3.8, 4) is 0 Å². The van der Waals surface area contributed by atoms with Gasteiger partial charge in [0.25, 0.3) is 0 Å². The van der Waals surface area contributed by atoms with Crippen LogP contribution in [-0.2, 0) is 22.4 Å². The summed E-state index contributed by atoms with van der Waals surface area (Å²) >= 11 is 7.94. The lowest BCUT2D eigenvalue weighted by molar-refractivity contribution is -0.933. The Hall–Kier alpha value is -1.40. The fraction of sp³-hybridized carbons (Fsp3) is 0.476. The summed E-state index contributed by atoms with van der Waals surface area (Å²) in [5, 5.41) is 4.93. The Morgan fingerprint density at radius 1 is 1.19 bits per heavy atom. The van der Waals surface area contributed by atoms with Crippen LogP contribution >= 0.6 is 22.9 Å². The van der Waals surface area contributed by atoms with Gasteiger partial charge in [-0.25, -0.2) is 0 Å². The van der Waals surface area contributed by atoms with E-state index in [0.717, 1.165) is 49.2 Å². The number of rotatable bonds is 4. The summed E-state index contributed by atoms with van der Waals surface area (Å²) in [5.41, 5.74) is 4.05. The topological polar surface area (TPSA) is 42.8 Å². The van der Waals surface area contributed by atoms with Crippen LogP contribution in [0.25, 0.3) is 0 Å². The van der Waals surface area contributed by atoms with Crippen LogP contribution in [0.3, 0.4) is 0 Å². The van der Waals surface area contributed by atoms with Crippen LogP contribution in [0, 0.1) is 0 Å². The van der Waals surface area contributed by atoms with Gasteiger partial charge in [0, 0.05) is 22.4 Å². The minimum absolute atomic E-state index is 0.00156. The number of thiophene rings is 1. The first-order valence-corrected chi connectivity index (χ1v) is 10.9. The number of halogens is 1. The van der Waals surface area contributed by atoms with Gasteiger partial charge in [-0.1, -0.05) is 23.7 Å². The Kier molecular flexibility index (Phi) is 5.83. The Balaban J connectivity index is 1.84. The maximum atomic E-state index is 11.9. The summed E-state index contributed by atoms with van der Waals surface area (Å²) in [6.45, 7) is 5.10. The smallest absolute Gasteiger partial charge is 0.221 e. The molecule has 1 aromatic carbocycles. The third-order valence-corrected chi connectivity index (χ3v) is 7.01. The van der Waals surface area contributed by atoms with E-state index in [0.29, 0.717) is 0 Å². The monoisotopic (exact) mass is 405 g/mol. The van der Waals surface area contributed by atoms with Gasteiger partial charge in [0.2, 0.25) is 5.91 Å². The minimum atomic E-state index is 0.00156. The Morgan fingerprint density at radius 3 is 2.59 bits per heavy atom. The van der Waals surface area contributed by atoms with Gasteiger partial charge in [-0.2, -0.15) is 0 Å². The first-order valence-electron chi connectivity index (χ1n) is 9.73. The zero-order valence-electron chi connectivity index (χ0n) is 15.6. The second-order valence-electron chi connectivity index (χ2n) is 7.39. The average Bonchev–Trinajstić information content (AvgIpc) is 3.02. The normalized spacial score (nSPS) is 18.7. The molecule has 2 aliphatic rings. The van der Waals surface area contributed by atoms with Crippen LogP contribution in [0.1, 0.15) is 47.4 Å². The molecular weight excluding hydrogens is 380 g/mol. The van der Waals surface area contributed by atoms with Crippen LogP contribution in [0.5, 0.6) is 0 Å². The largest absolute Gasteiger partial charge is 0.370 e. The van der Waals surface area contributed by atoms with Crippen LogP contribution in [0.4, 0.5) is 5.00 Å². The molecule has 1 aliphatic heterocycles. The van der Waals surface area contributed by atoms with E-state index < -0.39 is 0 Å². The van der Waals surface area contributed by atoms with Gasteiger partial charge in [0.1, 0.15) is 24.1 Å². The molecule has 0 unspecified atom stereocenters. The van der Waals surface area contributed by atoms with Crippen LogP contribution in [0.15, 0.2) is 24.3 Å². The highest BCUT2D eigenvalue weighted by molar-refractivity contribution is 7.16. The van der Waals surface area contributed by atoms with E-state index in [1.54, 1.807) is 18.3 Å². The average molecular weight is 406 g/mol. The van der Waals surface area contributed by atoms with E-state index >= 15 is 0 Å². The molecule has 2 N–H and O–H groups in total. The number of amides is 1. The molecule has 144 valence electrons. The number of benzene rings is 1. The first-order chi connectivity index (χ1) is 13.1. The van der Waals surface area contributed by atoms with Crippen molar-refractivity contribution in [2.75, 3.05) is 31.6 Å². The number of morpholine rings is 1. The molecule has 4 nitrogen and oxygen atoms in total. The quantitative estimate of drug-likeness (QED) is 0.820. The number of aryl methyl sites for hydroxylation is 1. The molecule has 1 aromatic heterocycles. The SMILES string of the molecule is CC(=O)Nc1sc2c(c1[C@@H](c1ccc(Cl)cc1)[NH+]1CCOCC1)CCCC2. The van der Waals surface area contributed by atoms with Crippen molar-refractivity contribution in [1.29, 1.82) is 0 Å². The van der Waals surface area contributed by atoms with Gasteiger partial charge in [-0.15, -0.1) is 11.3 Å². The Morgan fingerprint density at radius 2 is 1.89 bits per heavy atom. The highest BCUT2D eigenvalue weighted by Crippen LogP contribution is 2.42. The van der Waals surface area contributed by atoms with E-state index in [-0.39, 0.29) is 11.9 Å². The van der Waals surface area contributed by atoms with Crippen molar-refractivity contribution in [2.45, 2.75) is 38.6 Å². The molecule has 1 aliphatic carbocycles. The molecule has 27 heavy (non-hydrogen) atoms. The molecule has 0 bridgehead atoms. The summed E-state index contributed by atoms with van der Waals surface area (Å²) in [6, 6.07) is 8.42. The molecule has 1 amide bonds. The zero-order valence-corrected chi connectivity index (χ0v) is 17.2. The number of carbonyl (C=O) groups is 1. The number of nitrogens with one attached hydrogen (secondary N) is 2. The van der Waals surface area contributed by atoms with E-state index in [1.807, 2.05) is 12.1 Å². The van der Waals surface area contributed by atoms with Crippen molar-refractivity contribution >= 4 is 33.8 Å². The van der Waals surface area contributed by atoms with Gasteiger partial charge >= 0.3 is 0 Å². The number of hydrogen-bond acceptors (Lipinski definition) is 3. The second-order valence-corrected chi connectivity index (χ2v) is 8.93. The third kappa shape index (κ3) is 4.06. The maximum Gasteiger partial charge on any atom is 0.221 e. The lowest BCUT2D eigenvalue weighted by Gasteiger charge is -2.33. The van der Waals surface area contributed by atoms with Crippen LogP contribution < -0.4 is 10.2 Å². The number of anilines is 1. The fourth-order valence-corrected chi connectivity index (χ4v) is 5.83. The van der Waals surface area contributed by atoms with Gasteiger partial charge < -0.3 is 15.0 Å². The van der Waals surface area contributed by atoms with Crippen molar-refractivity contribution in [2.24, 2.45) is 0 Å². The van der Waals surface area contributed by atoms with Gasteiger partial charge in [0.05, 0.1) is 18.8 Å². The van der Waals surface area contributed by atoms with E-state index in [1.165, 1.54) is 39.3 Å². The second kappa shape index (κ2) is 8.31. The maximum absolute atomic E-state index is 11.9. The molecule has 0 spiro atoms. The lowest BCUT2D eigenvalue weighted by Crippen LogP contribution is -3.14. The van der Waals surface area contributed by atoms with E-state index in [2.05, 4.69) is 17.4 Å². The van der Waals surface area contributed by atoms with Crippen molar-refractivity contribution in [1.82, 2.24) is 0 Å². The molecule has 6 heteroatoms. The summed E-state index contributed by atoms with van der Waals surface area (Å²) in [5.74, 6) is 0.00156. The molecule has 1 saturated heterocycles. The highest BCUT2D eigenvalue weighted by atomic mass is 35.5. The predicted octanol–water partition coefficient (Wildman–Crippen LogP) is 3.24. The first kappa shape index (κ1) is 18.9. The summed E-state index contributed by atoms with van der Waals surface area (Å²) in [4.78, 5) is 14.9. The van der Waals surface area contributed by atoms with Crippen LogP contribution in [-0.4, -0.2) is 32.2 Å².